The maximum Gasteiger partial charge on any atom is 0.335 e. The molecular weight excluding hydrogens is 316 g/mol. The van der Waals surface area contributed by atoms with E-state index in [1.54, 1.807) is 12.1 Å². The van der Waals surface area contributed by atoms with Crippen molar-refractivity contribution in [1.29, 1.82) is 0 Å². The number of carbonyl (C=O) groups is 2. The molecule has 0 bridgehead atoms. The lowest BCUT2D eigenvalue weighted by Gasteiger charge is -2.10. The Kier molecular flexibility index (Phi) is 4.57. The highest BCUT2D eigenvalue weighted by atomic mass is 16.4. The van der Waals surface area contributed by atoms with Gasteiger partial charge in [-0.15, -0.1) is 0 Å². The Bertz CT molecular complexity index is 924. The molecule has 0 fully saturated rings. The average molecular weight is 336 g/mol. The van der Waals surface area contributed by atoms with E-state index in [4.69, 9.17) is 5.11 Å². The van der Waals surface area contributed by atoms with Gasteiger partial charge in [0, 0.05) is 29.9 Å². The lowest BCUT2D eigenvalue weighted by molar-refractivity contribution is 0.0696. The molecule has 1 amide bonds. The summed E-state index contributed by atoms with van der Waals surface area (Å²) in [6, 6.07) is 14.5. The maximum atomic E-state index is 12.4. The van der Waals surface area contributed by atoms with Crippen molar-refractivity contribution in [2.75, 3.05) is 0 Å². The van der Waals surface area contributed by atoms with E-state index in [1.165, 1.54) is 12.1 Å². The van der Waals surface area contributed by atoms with Crippen LogP contribution in [-0.2, 0) is 6.54 Å². The third-order valence-corrected chi connectivity index (χ3v) is 4.20. The molecule has 2 N–H and O–H groups in total. The predicted octanol–water partition coefficient (Wildman–Crippen LogP) is 3.85. The highest BCUT2D eigenvalue weighted by Gasteiger charge is 2.10. The van der Waals surface area contributed by atoms with Crippen molar-refractivity contribution in [3.05, 3.63) is 71.4 Å². The number of carboxylic acid groups (broad SMARTS) is 1. The number of hydrogen-bond donors (Lipinski definition) is 2. The first-order chi connectivity index (χ1) is 12.0. The number of hydrogen-bond acceptors (Lipinski definition) is 2. The van der Waals surface area contributed by atoms with Crippen LogP contribution in [0, 0.1) is 0 Å². The van der Waals surface area contributed by atoms with E-state index in [0.717, 1.165) is 16.5 Å². The standard InChI is InChI=1S/C20H20N2O3/c1-13(2)22-10-9-15-7-8-17(11-18(15)22)19(23)21-12-14-3-5-16(6-4-14)20(24)25/h3-11,13H,12H2,1-2H3,(H,21,23)(H,24,25). The Morgan fingerprint density at radius 3 is 2.36 bits per heavy atom. The third kappa shape index (κ3) is 3.55. The van der Waals surface area contributed by atoms with Crippen molar-refractivity contribution in [2.45, 2.75) is 26.4 Å². The smallest absolute Gasteiger partial charge is 0.335 e. The molecule has 0 radical (unpaired) electrons. The first kappa shape index (κ1) is 16.8. The number of carbonyl (C=O) groups excluding carboxylic acids is 1. The van der Waals surface area contributed by atoms with Crippen LogP contribution in [0.3, 0.4) is 0 Å². The second kappa shape index (κ2) is 6.81. The fourth-order valence-electron chi connectivity index (χ4n) is 2.79. The Labute approximate surface area is 145 Å². The first-order valence-electron chi connectivity index (χ1n) is 8.17. The molecule has 0 saturated heterocycles. The second-order valence-corrected chi connectivity index (χ2v) is 6.28. The topological polar surface area (TPSA) is 71.3 Å². The number of nitrogens with one attached hydrogen (secondary N) is 1. The van der Waals surface area contributed by atoms with Gasteiger partial charge >= 0.3 is 5.97 Å². The molecule has 5 nitrogen and oxygen atoms in total. The molecule has 1 heterocycles. The van der Waals surface area contributed by atoms with Crippen molar-refractivity contribution < 1.29 is 14.7 Å². The van der Waals surface area contributed by atoms with E-state index in [1.807, 2.05) is 30.5 Å². The molecule has 0 atom stereocenters. The zero-order valence-electron chi connectivity index (χ0n) is 14.2. The minimum atomic E-state index is -0.961. The molecule has 1 aromatic heterocycles. The predicted molar refractivity (Wildman–Crippen MR) is 96.9 cm³/mol. The zero-order chi connectivity index (χ0) is 18.0. The van der Waals surface area contributed by atoms with E-state index in [-0.39, 0.29) is 11.5 Å². The monoisotopic (exact) mass is 336 g/mol. The van der Waals surface area contributed by atoms with Gasteiger partial charge in [0.1, 0.15) is 0 Å². The number of aromatic carboxylic acids is 1. The number of rotatable bonds is 5. The molecule has 0 saturated carbocycles. The Morgan fingerprint density at radius 2 is 1.72 bits per heavy atom. The summed E-state index contributed by atoms with van der Waals surface area (Å²) in [5.74, 6) is -1.11. The van der Waals surface area contributed by atoms with Gasteiger partial charge in [0.2, 0.25) is 0 Å². The van der Waals surface area contributed by atoms with Gasteiger partial charge in [0.05, 0.1) is 5.56 Å². The van der Waals surface area contributed by atoms with Crippen LogP contribution in [0.25, 0.3) is 10.9 Å². The highest BCUT2D eigenvalue weighted by Crippen LogP contribution is 2.21. The van der Waals surface area contributed by atoms with Crippen molar-refractivity contribution in [2.24, 2.45) is 0 Å². The van der Waals surface area contributed by atoms with Gasteiger partial charge in [-0.25, -0.2) is 4.79 Å². The normalized spacial score (nSPS) is 11.0. The van der Waals surface area contributed by atoms with Crippen LogP contribution in [0.15, 0.2) is 54.7 Å². The van der Waals surface area contributed by atoms with Crippen molar-refractivity contribution in [3.63, 3.8) is 0 Å². The van der Waals surface area contributed by atoms with Crippen LogP contribution < -0.4 is 5.32 Å². The van der Waals surface area contributed by atoms with Gasteiger partial charge in [-0.1, -0.05) is 18.2 Å². The number of fused-ring (bicyclic) bond motifs is 1. The maximum absolute atomic E-state index is 12.4. The van der Waals surface area contributed by atoms with Gasteiger partial charge in [-0.05, 0) is 55.1 Å². The van der Waals surface area contributed by atoms with Crippen LogP contribution in [0.1, 0.15) is 46.2 Å². The average Bonchev–Trinajstić information content (AvgIpc) is 3.03. The number of carboxylic acids is 1. The van der Waals surface area contributed by atoms with E-state index < -0.39 is 5.97 Å². The van der Waals surface area contributed by atoms with Crippen molar-refractivity contribution in [3.8, 4) is 0 Å². The molecular formula is C20H20N2O3. The number of nitrogens with zero attached hydrogens (tertiary/aromatic N) is 1. The molecule has 0 aliphatic rings. The van der Waals surface area contributed by atoms with E-state index in [9.17, 15) is 9.59 Å². The number of benzene rings is 2. The lowest BCUT2D eigenvalue weighted by atomic mass is 10.1. The van der Waals surface area contributed by atoms with Gasteiger partial charge < -0.3 is 15.0 Å². The van der Waals surface area contributed by atoms with E-state index in [0.29, 0.717) is 18.2 Å². The summed E-state index contributed by atoms with van der Waals surface area (Å²) in [5.41, 5.74) is 2.73. The van der Waals surface area contributed by atoms with Crippen molar-refractivity contribution >= 4 is 22.8 Å². The molecule has 3 rings (SSSR count). The summed E-state index contributed by atoms with van der Waals surface area (Å²) in [6.07, 6.45) is 2.03. The van der Waals surface area contributed by atoms with Gasteiger partial charge in [-0.3, -0.25) is 4.79 Å². The minimum absolute atomic E-state index is 0.152. The molecule has 0 spiro atoms. The molecule has 128 valence electrons. The summed E-state index contributed by atoms with van der Waals surface area (Å²) in [7, 11) is 0. The van der Waals surface area contributed by atoms with E-state index in [2.05, 4.69) is 23.7 Å². The molecule has 2 aromatic carbocycles. The van der Waals surface area contributed by atoms with Crippen LogP contribution in [0.2, 0.25) is 0 Å². The lowest BCUT2D eigenvalue weighted by Crippen LogP contribution is -2.22. The summed E-state index contributed by atoms with van der Waals surface area (Å²) >= 11 is 0. The largest absolute Gasteiger partial charge is 0.478 e. The van der Waals surface area contributed by atoms with Gasteiger partial charge in [0.15, 0.2) is 0 Å². The summed E-state index contributed by atoms with van der Waals surface area (Å²) < 4.78 is 2.14. The quantitative estimate of drug-likeness (QED) is 0.743. The molecule has 5 heteroatoms. The highest BCUT2D eigenvalue weighted by molar-refractivity contribution is 5.98. The Morgan fingerprint density at radius 1 is 1.04 bits per heavy atom. The van der Waals surface area contributed by atoms with Crippen molar-refractivity contribution in [1.82, 2.24) is 9.88 Å². The van der Waals surface area contributed by atoms with Gasteiger partial charge in [0.25, 0.3) is 5.91 Å². The summed E-state index contributed by atoms with van der Waals surface area (Å²) in [4.78, 5) is 23.3. The number of aromatic nitrogens is 1. The van der Waals surface area contributed by atoms with Gasteiger partial charge in [-0.2, -0.15) is 0 Å². The summed E-state index contributed by atoms with van der Waals surface area (Å²) in [6.45, 7) is 4.56. The molecule has 25 heavy (non-hydrogen) atoms. The molecule has 0 unspecified atom stereocenters. The van der Waals surface area contributed by atoms with Crippen LogP contribution in [-0.4, -0.2) is 21.6 Å². The van der Waals surface area contributed by atoms with E-state index >= 15 is 0 Å². The van der Waals surface area contributed by atoms with Crippen LogP contribution >= 0.6 is 0 Å². The minimum Gasteiger partial charge on any atom is -0.478 e. The Hall–Kier alpha value is -3.08. The zero-order valence-corrected chi connectivity index (χ0v) is 14.2. The first-order valence-corrected chi connectivity index (χ1v) is 8.17. The Balaban J connectivity index is 1.73. The molecule has 0 aliphatic carbocycles. The molecule has 0 aliphatic heterocycles. The third-order valence-electron chi connectivity index (χ3n) is 4.20. The van der Waals surface area contributed by atoms with Crippen LogP contribution in [0.5, 0.6) is 0 Å². The number of amides is 1. The fraction of sp³-hybridized carbons (Fsp3) is 0.200. The van der Waals surface area contributed by atoms with Crippen LogP contribution in [0.4, 0.5) is 0 Å². The molecule has 3 aromatic rings. The fourth-order valence-corrected chi connectivity index (χ4v) is 2.79. The second-order valence-electron chi connectivity index (χ2n) is 6.28. The SMILES string of the molecule is CC(C)n1ccc2ccc(C(=O)NCc3ccc(C(=O)O)cc3)cc21. The summed E-state index contributed by atoms with van der Waals surface area (Å²) in [5, 5.41) is 12.9.